The van der Waals surface area contributed by atoms with Gasteiger partial charge in [0.2, 0.25) is 0 Å². The molecule has 0 aliphatic heterocycles. The Balaban J connectivity index is 0.00000117. The van der Waals surface area contributed by atoms with Crippen LogP contribution in [-0.2, 0) is 29.1 Å². The van der Waals surface area contributed by atoms with Crippen LogP contribution in [0.15, 0.2) is 48.5 Å². The molecule has 1 aliphatic carbocycles. The zero-order valence-corrected chi connectivity index (χ0v) is 19.5. The quantitative estimate of drug-likeness (QED) is 0.291. The SMILES string of the molecule is [CH2-][C@H](NC(=O)OCC1c2ccccc2-c2ccccc21)C(=O)OC.[Zn+][I]. The Morgan fingerprint density at radius 2 is 1.62 bits per heavy atom. The summed E-state index contributed by atoms with van der Waals surface area (Å²) < 4.78 is 9.82. The molecule has 1 amide bonds. The molecule has 0 radical (unpaired) electrons. The number of methoxy groups -OCH3 is 1. The monoisotopic (exact) mass is 515 g/mol. The Labute approximate surface area is 173 Å². The summed E-state index contributed by atoms with van der Waals surface area (Å²) in [6.07, 6.45) is -0.692. The first-order valence-corrected chi connectivity index (χ1v) is 17.0. The fourth-order valence-corrected chi connectivity index (χ4v) is 2.98. The normalized spacial score (nSPS) is 12.8. The van der Waals surface area contributed by atoms with Gasteiger partial charge in [0, 0.05) is 12.0 Å². The fourth-order valence-electron chi connectivity index (χ4n) is 2.98. The summed E-state index contributed by atoms with van der Waals surface area (Å²) in [4.78, 5) is 23.2. The summed E-state index contributed by atoms with van der Waals surface area (Å²) in [5.41, 5.74) is 4.58. The van der Waals surface area contributed by atoms with Crippen LogP contribution in [0.2, 0.25) is 0 Å². The van der Waals surface area contributed by atoms with Crippen LogP contribution in [0.4, 0.5) is 4.79 Å². The molecule has 0 fully saturated rings. The van der Waals surface area contributed by atoms with Crippen LogP contribution in [0.1, 0.15) is 17.0 Å². The van der Waals surface area contributed by atoms with E-state index in [1.165, 1.54) is 21.9 Å². The van der Waals surface area contributed by atoms with Crippen LogP contribution in [0.25, 0.3) is 11.1 Å². The van der Waals surface area contributed by atoms with Gasteiger partial charge in [-0.05, 0) is 22.3 Å². The van der Waals surface area contributed by atoms with E-state index in [2.05, 4.69) is 48.9 Å². The molecule has 1 N–H and O–H groups in total. The van der Waals surface area contributed by atoms with E-state index < -0.39 is 18.1 Å². The van der Waals surface area contributed by atoms with Crippen molar-refractivity contribution in [3.8, 4) is 11.1 Å². The predicted octanol–water partition coefficient (Wildman–Crippen LogP) is 3.78. The molecule has 0 spiro atoms. The van der Waals surface area contributed by atoms with Crippen molar-refractivity contribution in [3.05, 3.63) is 66.6 Å². The van der Waals surface area contributed by atoms with Crippen molar-refractivity contribution in [2.45, 2.75) is 12.0 Å². The van der Waals surface area contributed by atoms with Crippen molar-refractivity contribution in [1.29, 1.82) is 0 Å². The maximum atomic E-state index is 11.9. The second kappa shape index (κ2) is 10.0. The Hall–Kier alpha value is -1.47. The van der Waals surface area contributed by atoms with Crippen molar-refractivity contribution < 1.29 is 33.9 Å². The molecule has 0 heterocycles. The van der Waals surface area contributed by atoms with Crippen molar-refractivity contribution in [2.24, 2.45) is 0 Å². The van der Waals surface area contributed by atoms with Crippen LogP contribution >= 0.6 is 19.8 Å². The van der Waals surface area contributed by atoms with E-state index in [4.69, 9.17) is 4.74 Å². The number of rotatable bonds is 4. The second-order valence-corrected chi connectivity index (χ2v) is 5.55. The average molecular weight is 517 g/mol. The van der Waals surface area contributed by atoms with Crippen molar-refractivity contribution in [3.63, 3.8) is 0 Å². The van der Waals surface area contributed by atoms with Gasteiger partial charge in [0.15, 0.2) is 0 Å². The van der Waals surface area contributed by atoms with Crippen LogP contribution in [0, 0.1) is 6.92 Å². The van der Waals surface area contributed by atoms with Gasteiger partial charge in [0.05, 0.1) is 7.11 Å². The van der Waals surface area contributed by atoms with Gasteiger partial charge in [-0.2, -0.15) is 0 Å². The van der Waals surface area contributed by atoms with E-state index >= 15 is 0 Å². The molecule has 2 aromatic carbocycles. The van der Waals surface area contributed by atoms with E-state index in [0.29, 0.717) is 0 Å². The van der Waals surface area contributed by atoms with Gasteiger partial charge in [-0.15, -0.1) is 0 Å². The first-order chi connectivity index (χ1) is 12.6. The molecule has 7 heteroatoms. The minimum absolute atomic E-state index is 0.0236. The van der Waals surface area contributed by atoms with Gasteiger partial charge in [-0.3, -0.25) is 4.79 Å². The Morgan fingerprint density at radius 3 is 2.12 bits per heavy atom. The number of hydrogen-bond donors (Lipinski definition) is 1. The fraction of sp³-hybridized carbons (Fsp3) is 0.211. The summed E-state index contributed by atoms with van der Waals surface area (Å²) >= 11 is 3.62. The second-order valence-electron chi connectivity index (χ2n) is 5.55. The van der Waals surface area contributed by atoms with Gasteiger partial charge in [0.25, 0.3) is 5.97 Å². The summed E-state index contributed by atoms with van der Waals surface area (Å²) in [6, 6.07) is 15.2. The van der Waals surface area contributed by atoms with E-state index in [0.717, 1.165) is 22.3 Å². The molecule has 2 aromatic rings. The summed E-state index contributed by atoms with van der Waals surface area (Å²) in [7, 11) is 1.24. The molecule has 3 rings (SSSR count). The molecule has 26 heavy (non-hydrogen) atoms. The van der Waals surface area contributed by atoms with Crippen LogP contribution in [-0.4, -0.2) is 31.8 Å². The number of esters is 1. The van der Waals surface area contributed by atoms with Crippen molar-refractivity contribution >= 4 is 31.8 Å². The zero-order valence-electron chi connectivity index (χ0n) is 14.4. The number of carbonyl (C=O) groups excluding carboxylic acids is 2. The summed E-state index contributed by atoms with van der Waals surface area (Å²) in [5.74, 6) is -0.645. The van der Waals surface area contributed by atoms with Gasteiger partial charge in [-0.25, -0.2) is 4.79 Å². The van der Waals surface area contributed by atoms with Gasteiger partial charge < -0.3 is 21.7 Å². The molecule has 0 saturated heterocycles. The number of benzene rings is 2. The van der Waals surface area contributed by atoms with Gasteiger partial charge in [-0.1, -0.05) is 48.5 Å². The molecular formula is C19H18INO4Zn. The van der Waals surface area contributed by atoms with Gasteiger partial charge in [0.1, 0.15) is 6.61 Å². The van der Waals surface area contributed by atoms with Crippen molar-refractivity contribution in [2.75, 3.05) is 13.7 Å². The first kappa shape index (κ1) is 20.8. The Morgan fingerprint density at radius 1 is 1.12 bits per heavy atom. The number of ether oxygens (including phenoxy) is 2. The van der Waals surface area contributed by atoms with E-state index in [1.54, 1.807) is 0 Å². The molecule has 1 aliphatic rings. The number of alkyl carbamates (subject to hydrolysis) is 1. The van der Waals surface area contributed by atoms with Gasteiger partial charge >= 0.3 is 40.6 Å². The number of carbonyl (C=O) groups is 2. The van der Waals surface area contributed by atoms with Crippen LogP contribution < -0.4 is 5.32 Å². The third-order valence-electron chi connectivity index (χ3n) is 4.12. The number of amides is 1. The summed E-state index contributed by atoms with van der Waals surface area (Å²) in [6.45, 7) is 3.70. The third kappa shape index (κ3) is 4.62. The standard InChI is InChI=1S/C19H18NO4.HI.Zn/c1-12(18(21)23-2)20-19(22)24-11-17-15-9-5-3-7-13(15)14-8-4-6-10-16(14)17;;/h3-10,12,17H,1,11H2,2H3,(H,20,22);1H;/q-1;;+2/p-1/t12-;;/m0../s1. The number of fused-ring (bicyclic) bond motifs is 3. The zero-order chi connectivity index (χ0) is 19.1. The molecule has 132 valence electrons. The molecule has 0 saturated carbocycles. The minimum atomic E-state index is -0.995. The Kier molecular flexibility index (Phi) is 8.03. The average Bonchev–Trinajstić information content (AvgIpc) is 3.01. The van der Waals surface area contributed by atoms with Crippen molar-refractivity contribution in [1.82, 2.24) is 5.32 Å². The molecule has 0 bridgehead atoms. The number of halogens is 1. The van der Waals surface area contributed by atoms with E-state index in [1.807, 2.05) is 36.4 Å². The van der Waals surface area contributed by atoms with Crippen LogP contribution in [0.3, 0.4) is 0 Å². The summed E-state index contributed by atoms with van der Waals surface area (Å²) in [5, 5.41) is 2.36. The molecule has 1 atom stereocenters. The maximum absolute atomic E-state index is 11.9. The topological polar surface area (TPSA) is 64.6 Å². The molecule has 5 nitrogen and oxygen atoms in total. The predicted molar refractivity (Wildman–Crippen MR) is 103 cm³/mol. The third-order valence-corrected chi connectivity index (χ3v) is 4.12. The number of nitrogens with one attached hydrogen (secondary N) is 1. The van der Waals surface area contributed by atoms with Crippen LogP contribution in [0.5, 0.6) is 0 Å². The van der Waals surface area contributed by atoms with E-state index in [-0.39, 0.29) is 12.5 Å². The molecule has 0 unspecified atom stereocenters. The molecule has 0 aromatic heterocycles. The first-order valence-electron chi connectivity index (χ1n) is 7.91. The van der Waals surface area contributed by atoms with E-state index in [9.17, 15) is 9.59 Å². The Bertz CT molecular complexity index is 738. The number of hydrogen-bond acceptors (Lipinski definition) is 4. The molecular weight excluding hydrogens is 499 g/mol.